The SMILES string of the molecule is CCC(=O)c1cccc(S(=O)(=O)N(C)[C@@H](CC)c2ccncc2)c1. The molecule has 0 aliphatic rings. The van der Waals surface area contributed by atoms with Gasteiger partial charge in [0.25, 0.3) is 0 Å². The quantitative estimate of drug-likeness (QED) is 0.720. The van der Waals surface area contributed by atoms with Crippen molar-refractivity contribution >= 4 is 15.8 Å². The van der Waals surface area contributed by atoms with Crippen molar-refractivity contribution in [3.63, 3.8) is 0 Å². The third-order valence-corrected chi connectivity index (χ3v) is 5.93. The van der Waals surface area contributed by atoms with Crippen LogP contribution in [0.3, 0.4) is 0 Å². The average Bonchev–Trinajstić information content (AvgIpc) is 2.62. The van der Waals surface area contributed by atoms with Crippen LogP contribution in [-0.2, 0) is 10.0 Å². The molecule has 1 aromatic carbocycles. The van der Waals surface area contributed by atoms with Crippen molar-refractivity contribution in [3.8, 4) is 0 Å². The summed E-state index contributed by atoms with van der Waals surface area (Å²) in [5.41, 5.74) is 1.31. The maximum atomic E-state index is 13.0. The molecule has 0 saturated heterocycles. The van der Waals surface area contributed by atoms with Crippen LogP contribution in [0.25, 0.3) is 0 Å². The summed E-state index contributed by atoms with van der Waals surface area (Å²) in [5.74, 6) is -0.0733. The molecule has 0 amide bonds. The zero-order chi connectivity index (χ0) is 17.7. The lowest BCUT2D eigenvalue weighted by atomic mass is 10.1. The monoisotopic (exact) mass is 346 g/mol. The van der Waals surface area contributed by atoms with Gasteiger partial charge in [-0.1, -0.05) is 26.0 Å². The molecule has 1 heterocycles. The van der Waals surface area contributed by atoms with Crippen molar-refractivity contribution in [3.05, 3.63) is 59.9 Å². The molecule has 2 rings (SSSR count). The zero-order valence-corrected chi connectivity index (χ0v) is 15.0. The number of rotatable bonds is 7. The average molecular weight is 346 g/mol. The summed E-state index contributed by atoms with van der Waals surface area (Å²) in [5, 5.41) is 0. The maximum absolute atomic E-state index is 13.0. The van der Waals surface area contributed by atoms with Crippen molar-refractivity contribution in [1.82, 2.24) is 9.29 Å². The topological polar surface area (TPSA) is 67.3 Å². The highest BCUT2D eigenvalue weighted by Gasteiger charge is 2.28. The maximum Gasteiger partial charge on any atom is 0.243 e. The van der Waals surface area contributed by atoms with Crippen LogP contribution in [0, 0.1) is 0 Å². The van der Waals surface area contributed by atoms with Crippen molar-refractivity contribution in [1.29, 1.82) is 0 Å². The zero-order valence-electron chi connectivity index (χ0n) is 14.1. The Balaban J connectivity index is 2.40. The van der Waals surface area contributed by atoms with Gasteiger partial charge in [-0.2, -0.15) is 4.31 Å². The standard InChI is InChI=1S/C18H22N2O3S/c1-4-17(14-9-11-19-12-10-14)20(3)24(22,23)16-8-6-7-15(13-16)18(21)5-2/h6-13,17H,4-5H2,1-3H3/t17-/m0/s1. The smallest absolute Gasteiger partial charge is 0.243 e. The van der Waals surface area contributed by atoms with Crippen LogP contribution in [0.1, 0.15) is 48.7 Å². The Labute approximate surface area is 143 Å². The van der Waals surface area contributed by atoms with Crippen LogP contribution in [0.15, 0.2) is 53.7 Å². The van der Waals surface area contributed by atoms with Gasteiger partial charge in [0.15, 0.2) is 5.78 Å². The Hall–Kier alpha value is -2.05. The lowest BCUT2D eigenvalue weighted by molar-refractivity contribution is 0.0988. The number of ketones is 1. The number of benzene rings is 1. The van der Waals surface area contributed by atoms with E-state index in [9.17, 15) is 13.2 Å². The summed E-state index contributed by atoms with van der Waals surface area (Å²) < 4.78 is 27.3. The van der Waals surface area contributed by atoms with E-state index in [-0.39, 0.29) is 16.7 Å². The van der Waals surface area contributed by atoms with Crippen molar-refractivity contribution < 1.29 is 13.2 Å². The first-order valence-corrected chi connectivity index (χ1v) is 9.37. The van der Waals surface area contributed by atoms with Gasteiger partial charge in [-0.25, -0.2) is 8.42 Å². The Morgan fingerprint density at radius 1 is 1.17 bits per heavy atom. The largest absolute Gasteiger partial charge is 0.294 e. The van der Waals surface area contributed by atoms with Crippen LogP contribution >= 0.6 is 0 Å². The lowest BCUT2D eigenvalue weighted by Crippen LogP contribution is -2.31. The summed E-state index contributed by atoms with van der Waals surface area (Å²) in [4.78, 5) is 16.0. The summed E-state index contributed by atoms with van der Waals surface area (Å²) in [6.07, 6.45) is 4.28. The fourth-order valence-electron chi connectivity index (χ4n) is 2.66. The highest BCUT2D eigenvalue weighted by molar-refractivity contribution is 7.89. The predicted octanol–water partition coefficient (Wildman–Crippen LogP) is 3.45. The van der Waals surface area contributed by atoms with Crippen LogP contribution in [-0.4, -0.2) is 30.5 Å². The van der Waals surface area contributed by atoms with Gasteiger partial charge in [0.05, 0.1) is 4.90 Å². The molecule has 0 aliphatic carbocycles. The molecule has 1 atom stereocenters. The first-order valence-electron chi connectivity index (χ1n) is 7.93. The Bertz CT molecular complexity index is 804. The van der Waals surface area contributed by atoms with E-state index < -0.39 is 10.0 Å². The molecular weight excluding hydrogens is 324 g/mol. The normalized spacial score (nSPS) is 13.0. The van der Waals surface area contributed by atoms with Gasteiger partial charge >= 0.3 is 0 Å². The van der Waals surface area contributed by atoms with E-state index in [0.717, 1.165) is 5.56 Å². The van der Waals surface area contributed by atoms with E-state index in [2.05, 4.69) is 4.98 Å². The second kappa shape index (κ2) is 7.68. The van der Waals surface area contributed by atoms with E-state index in [4.69, 9.17) is 0 Å². The van der Waals surface area contributed by atoms with E-state index >= 15 is 0 Å². The lowest BCUT2D eigenvalue weighted by Gasteiger charge is -2.27. The summed E-state index contributed by atoms with van der Waals surface area (Å²) in [6, 6.07) is 9.58. The summed E-state index contributed by atoms with van der Waals surface area (Å²) in [6.45, 7) is 3.69. The molecule has 0 fully saturated rings. The third kappa shape index (κ3) is 3.71. The fourth-order valence-corrected chi connectivity index (χ4v) is 4.12. The first kappa shape index (κ1) is 18.3. The van der Waals surface area contributed by atoms with Gasteiger partial charge in [-0.15, -0.1) is 0 Å². The highest BCUT2D eigenvalue weighted by atomic mass is 32.2. The van der Waals surface area contributed by atoms with Crippen LogP contribution in [0.4, 0.5) is 0 Å². The number of sulfonamides is 1. The number of carbonyl (C=O) groups excluding carboxylic acids is 1. The number of nitrogens with zero attached hydrogens (tertiary/aromatic N) is 2. The summed E-state index contributed by atoms with van der Waals surface area (Å²) >= 11 is 0. The van der Waals surface area contributed by atoms with E-state index in [1.165, 1.54) is 16.4 Å². The van der Waals surface area contributed by atoms with E-state index in [0.29, 0.717) is 18.4 Å². The van der Waals surface area contributed by atoms with E-state index in [1.54, 1.807) is 38.5 Å². The van der Waals surface area contributed by atoms with Crippen molar-refractivity contribution in [2.75, 3.05) is 7.05 Å². The van der Waals surface area contributed by atoms with Crippen LogP contribution < -0.4 is 0 Å². The summed E-state index contributed by atoms with van der Waals surface area (Å²) in [7, 11) is -2.13. The molecule has 128 valence electrons. The molecular formula is C18H22N2O3S. The molecule has 24 heavy (non-hydrogen) atoms. The van der Waals surface area contributed by atoms with Gasteiger partial charge in [0, 0.05) is 37.5 Å². The second-order valence-electron chi connectivity index (χ2n) is 5.53. The highest BCUT2D eigenvalue weighted by Crippen LogP contribution is 2.28. The third-order valence-electron chi connectivity index (χ3n) is 4.07. The number of aromatic nitrogens is 1. The van der Waals surface area contributed by atoms with Gasteiger partial charge in [0.1, 0.15) is 0 Å². The van der Waals surface area contributed by atoms with Gasteiger partial charge in [-0.05, 0) is 36.2 Å². The molecule has 5 nitrogen and oxygen atoms in total. The Morgan fingerprint density at radius 3 is 2.42 bits per heavy atom. The Kier molecular flexibility index (Phi) is 5.85. The molecule has 0 unspecified atom stereocenters. The molecule has 0 bridgehead atoms. The second-order valence-corrected chi connectivity index (χ2v) is 7.53. The number of hydrogen-bond acceptors (Lipinski definition) is 4. The van der Waals surface area contributed by atoms with Gasteiger partial charge in [0.2, 0.25) is 10.0 Å². The van der Waals surface area contributed by atoms with Gasteiger partial charge < -0.3 is 0 Å². The molecule has 0 saturated carbocycles. The molecule has 0 radical (unpaired) electrons. The minimum atomic E-state index is -3.70. The fraction of sp³-hybridized carbons (Fsp3) is 0.333. The molecule has 0 spiro atoms. The first-order chi connectivity index (χ1) is 11.4. The molecule has 0 aliphatic heterocycles. The molecule has 6 heteroatoms. The van der Waals surface area contributed by atoms with Crippen molar-refractivity contribution in [2.45, 2.75) is 37.6 Å². The van der Waals surface area contributed by atoms with Crippen molar-refractivity contribution in [2.24, 2.45) is 0 Å². The molecule has 0 N–H and O–H groups in total. The number of pyridine rings is 1. The number of Topliss-reactive ketones (excluding diaryl/α,β-unsaturated/α-hetero) is 1. The minimum Gasteiger partial charge on any atom is -0.294 e. The van der Waals surface area contributed by atoms with Crippen LogP contribution in [0.2, 0.25) is 0 Å². The molecule has 1 aromatic heterocycles. The number of hydrogen-bond donors (Lipinski definition) is 0. The van der Waals surface area contributed by atoms with Crippen LogP contribution in [0.5, 0.6) is 0 Å². The Morgan fingerprint density at radius 2 is 1.83 bits per heavy atom. The van der Waals surface area contributed by atoms with E-state index in [1.807, 2.05) is 19.1 Å². The van der Waals surface area contributed by atoms with Gasteiger partial charge in [-0.3, -0.25) is 9.78 Å². The number of carbonyl (C=O) groups is 1. The predicted molar refractivity (Wildman–Crippen MR) is 93.3 cm³/mol. The molecule has 2 aromatic rings. The minimum absolute atomic E-state index is 0.0733.